The summed E-state index contributed by atoms with van der Waals surface area (Å²) in [6.07, 6.45) is 1.83. The zero-order chi connectivity index (χ0) is 13.8. The first-order valence-corrected chi connectivity index (χ1v) is 6.22. The van der Waals surface area contributed by atoms with Crippen molar-refractivity contribution in [2.45, 2.75) is 13.3 Å². The molecule has 0 saturated carbocycles. The van der Waals surface area contributed by atoms with Crippen molar-refractivity contribution in [2.24, 2.45) is 0 Å². The summed E-state index contributed by atoms with van der Waals surface area (Å²) < 4.78 is 5.06. The van der Waals surface area contributed by atoms with Crippen LogP contribution < -0.4 is 4.74 Å². The van der Waals surface area contributed by atoms with Crippen LogP contribution in [0.15, 0.2) is 30.6 Å². The van der Waals surface area contributed by atoms with E-state index in [2.05, 4.69) is 9.97 Å². The Labute approximate surface area is 116 Å². The van der Waals surface area contributed by atoms with Crippen molar-refractivity contribution in [1.29, 1.82) is 0 Å². The monoisotopic (exact) mass is 276 g/mol. The van der Waals surface area contributed by atoms with Gasteiger partial charge in [0, 0.05) is 28.6 Å². The Morgan fingerprint density at radius 1 is 1.32 bits per heavy atom. The maximum Gasteiger partial charge on any atom is 0.216 e. The minimum atomic E-state index is 0.0456. The molecule has 0 unspecified atom stereocenters. The number of rotatable bonds is 4. The van der Waals surface area contributed by atoms with Crippen LogP contribution >= 0.6 is 11.6 Å². The van der Waals surface area contributed by atoms with Gasteiger partial charge < -0.3 is 4.74 Å². The Morgan fingerprint density at radius 2 is 2.11 bits per heavy atom. The molecule has 0 aliphatic carbocycles. The number of Topliss-reactive ketones (excluding diaryl/α,β-unsaturated/α-hetero) is 1. The van der Waals surface area contributed by atoms with E-state index >= 15 is 0 Å². The van der Waals surface area contributed by atoms with Crippen molar-refractivity contribution in [3.05, 3.63) is 41.2 Å². The van der Waals surface area contributed by atoms with Crippen LogP contribution in [-0.2, 0) is 0 Å². The molecule has 0 aliphatic heterocycles. The Kier molecular flexibility index (Phi) is 4.12. The fraction of sp³-hybridized carbons (Fsp3) is 0.214. The number of benzene rings is 1. The lowest BCUT2D eigenvalue weighted by Crippen LogP contribution is -2.01. The Bertz CT molecular complexity index is 614. The van der Waals surface area contributed by atoms with Gasteiger partial charge in [0.2, 0.25) is 5.88 Å². The van der Waals surface area contributed by atoms with E-state index < -0.39 is 0 Å². The number of ketones is 1. The Balaban J connectivity index is 2.59. The highest BCUT2D eigenvalue weighted by molar-refractivity contribution is 6.31. The van der Waals surface area contributed by atoms with E-state index in [-0.39, 0.29) is 5.78 Å². The second-order valence-electron chi connectivity index (χ2n) is 3.91. The lowest BCUT2D eigenvalue weighted by Gasteiger charge is -2.08. The molecular weight excluding hydrogens is 264 g/mol. The predicted molar refractivity (Wildman–Crippen MR) is 73.7 cm³/mol. The molecule has 2 rings (SSSR count). The zero-order valence-corrected chi connectivity index (χ0v) is 11.4. The van der Waals surface area contributed by atoms with Gasteiger partial charge in [-0.15, -0.1) is 0 Å². The van der Waals surface area contributed by atoms with Gasteiger partial charge in [-0.1, -0.05) is 18.5 Å². The van der Waals surface area contributed by atoms with E-state index in [9.17, 15) is 4.79 Å². The molecule has 4 nitrogen and oxygen atoms in total. The first-order chi connectivity index (χ1) is 9.15. The number of aromatic nitrogens is 2. The van der Waals surface area contributed by atoms with Crippen molar-refractivity contribution in [3.8, 4) is 17.1 Å². The SMILES string of the molecule is CCC(=O)c1ccc(Cl)cc1-c1cc(OC)ncn1. The molecule has 0 spiro atoms. The fourth-order valence-electron chi connectivity index (χ4n) is 1.76. The Hall–Kier alpha value is -1.94. The summed E-state index contributed by atoms with van der Waals surface area (Å²) in [6, 6.07) is 6.83. The van der Waals surface area contributed by atoms with Crippen LogP contribution in [0.5, 0.6) is 5.88 Å². The second kappa shape index (κ2) is 5.80. The maximum atomic E-state index is 12.0. The molecule has 1 aromatic heterocycles. The second-order valence-corrected chi connectivity index (χ2v) is 4.35. The molecule has 19 heavy (non-hydrogen) atoms. The topological polar surface area (TPSA) is 52.1 Å². The van der Waals surface area contributed by atoms with Crippen LogP contribution in [0.4, 0.5) is 0 Å². The molecule has 2 aromatic rings. The number of halogens is 1. The van der Waals surface area contributed by atoms with Gasteiger partial charge in [-0.25, -0.2) is 9.97 Å². The molecule has 0 aliphatic rings. The summed E-state index contributed by atoms with van der Waals surface area (Å²) in [6.45, 7) is 1.82. The lowest BCUT2D eigenvalue weighted by atomic mass is 9.99. The van der Waals surface area contributed by atoms with Gasteiger partial charge in [0.1, 0.15) is 6.33 Å². The largest absolute Gasteiger partial charge is 0.481 e. The van der Waals surface area contributed by atoms with E-state index in [1.807, 2.05) is 6.92 Å². The van der Waals surface area contributed by atoms with Crippen LogP contribution in [0, 0.1) is 0 Å². The quantitative estimate of drug-likeness (QED) is 0.803. The van der Waals surface area contributed by atoms with Crippen molar-refractivity contribution in [1.82, 2.24) is 9.97 Å². The molecule has 0 fully saturated rings. The normalized spacial score (nSPS) is 10.3. The summed E-state index contributed by atoms with van der Waals surface area (Å²) in [5.74, 6) is 0.490. The lowest BCUT2D eigenvalue weighted by molar-refractivity contribution is 0.0989. The number of hydrogen-bond donors (Lipinski definition) is 0. The van der Waals surface area contributed by atoms with Gasteiger partial charge in [-0.3, -0.25) is 4.79 Å². The Morgan fingerprint density at radius 3 is 2.79 bits per heavy atom. The molecule has 1 heterocycles. The molecule has 0 amide bonds. The zero-order valence-electron chi connectivity index (χ0n) is 10.7. The van der Waals surface area contributed by atoms with Crippen LogP contribution in [0.25, 0.3) is 11.3 Å². The average Bonchev–Trinajstić information content (AvgIpc) is 2.46. The predicted octanol–water partition coefficient (Wildman–Crippen LogP) is 3.40. The average molecular weight is 277 g/mol. The number of hydrogen-bond acceptors (Lipinski definition) is 4. The van der Waals surface area contributed by atoms with Gasteiger partial charge in [-0.2, -0.15) is 0 Å². The van der Waals surface area contributed by atoms with Crippen molar-refractivity contribution < 1.29 is 9.53 Å². The van der Waals surface area contributed by atoms with Crippen LogP contribution in [0.3, 0.4) is 0 Å². The summed E-state index contributed by atoms with van der Waals surface area (Å²) in [5.41, 5.74) is 1.92. The minimum absolute atomic E-state index is 0.0456. The van der Waals surface area contributed by atoms with E-state index in [1.54, 1.807) is 24.3 Å². The standard InChI is InChI=1S/C14H13ClN2O2/c1-3-13(18)10-5-4-9(15)6-11(10)12-7-14(19-2)17-8-16-12/h4-8H,3H2,1-2H3. The van der Waals surface area contributed by atoms with Crippen molar-refractivity contribution in [3.63, 3.8) is 0 Å². The molecule has 1 aromatic carbocycles. The van der Waals surface area contributed by atoms with E-state index in [0.29, 0.717) is 34.1 Å². The number of methoxy groups -OCH3 is 1. The van der Waals surface area contributed by atoms with Crippen LogP contribution in [0.2, 0.25) is 5.02 Å². The number of nitrogens with zero attached hydrogens (tertiary/aromatic N) is 2. The third-order valence-corrected chi connectivity index (χ3v) is 2.97. The maximum absolute atomic E-state index is 12.0. The highest BCUT2D eigenvalue weighted by atomic mass is 35.5. The summed E-state index contributed by atoms with van der Waals surface area (Å²) in [7, 11) is 1.53. The highest BCUT2D eigenvalue weighted by Crippen LogP contribution is 2.27. The minimum Gasteiger partial charge on any atom is -0.481 e. The van der Waals surface area contributed by atoms with Gasteiger partial charge >= 0.3 is 0 Å². The highest BCUT2D eigenvalue weighted by Gasteiger charge is 2.13. The molecule has 5 heteroatoms. The molecule has 0 atom stereocenters. The number of carbonyl (C=O) groups excluding carboxylic acids is 1. The summed E-state index contributed by atoms with van der Waals surface area (Å²) in [5, 5.41) is 0.556. The molecular formula is C14H13ClN2O2. The van der Waals surface area contributed by atoms with Gasteiger partial charge in [0.25, 0.3) is 0 Å². The molecule has 0 radical (unpaired) electrons. The molecule has 98 valence electrons. The van der Waals surface area contributed by atoms with Gasteiger partial charge in [-0.05, 0) is 18.2 Å². The third-order valence-electron chi connectivity index (χ3n) is 2.73. The summed E-state index contributed by atoms with van der Waals surface area (Å²) >= 11 is 6.00. The molecule has 0 N–H and O–H groups in total. The third kappa shape index (κ3) is 2.90. The van der Waals surface area contributed by atoms with Gasteiger partial charge in [0.15, 0.2) is 5.78 Å². The fourth-order valence-corrected chi connectivity index (χ4v) is 1.93. The van der Waals surface area contributed by atoms with Crippen LogP contribution in [-0.4, -0.2) is 22.9 Å². The first kappa shape index (κ1) is 13.5. The van der Waals surface area contributed by atoms with Crippen molar-refractivity contribution >= 4 is 17.4 Å². The van der Waals surface area contributed by atoms with Crippen molar-refractivity contribution in [2.75, 3.05) is 7.11 Å². The smallest absolute Gasteiger partial charge is 0.216 e. The molecule has 0 saturated heterocycles. The van der Waals surface area contributed by atoms with E-state index in [1.165, 1.54) is 13.4 Å². The first-order valence-electron chi connectivity index (χ1n) is 5.85. The van der Waals surface area contributed by atoms with E-state index in [0.717, 1.165) is 0 Å². The van der Waals surface area contributed by atoms with E-state index in [4.69, 9.17) is 16.3 Å². The number of carbonyl (C=O) groups is 1. The van der Waals surface area contributed by atoms with Crippen LogP contribution in [0.1, 0.15) is 23.7 Å². The number of ether oxygens (including phenoxy) is 1. The summed E-state index contributed by atoms with van der Waals surface area (Å²) in [4.78, 5) is 20.1. The van der Waals surface area contributed by atoms with Gasteiger partial charge in [0.05, 0.1) is 12.8 Å². The molecule has 0 bridgehead atoms.